The molecule has 0 N–H and O–H groups in total. The highest BCUT2D eigenvalue weighted by atomic mass is 15.1. The molecule has 1 nitrogen and oxygen atoms in total. The number of hydrogen-bond acceptors (Lipinski definition) is 1. The zero-order chi connectivity index (χ0) is 14.8. The molecule has 110 valence electrons. The Labute approximate surface area is 128 Å². The summed E-state index contributed by atoms with van der Waals surface area (Å²) >= 11 is 0. The van der Waals surface area contributed by atoms with Gasteiger partial charge in [-0.1, -0.05) is 72.8 Å². The zero-order valence-corrected chi connectivity index (χ0v) is 12.9. The van der Waals surface area contributed by atoms with Gasteiger partial charge in [0.25, 0.3) is 0 Å². The van der Waals surface area contributed by atoms with E-state index in [0.29, 0.717) is 0 Å². The smallest absolute Gasteiger partial charge is 0.0237 e. The molecular weight excluding hydrogens is 254 g/mol. The molecule has 0 aliphatic rings. The van der Waals surface area contributed by atoms with Crippen LogP contribution < -0.4 is 0 Å². The lowest BCUT2D eigenvalue weighted by Crippen LogP contribution is -2.24. The van der Waals surface area contributed by atoms with Crippen molar-refractivity contribution in [2.24, 2.45) is 0 Å². The summed E-state index contributed by atoms with van der Waals surface area (Å²) in [6.07, 6.45) is 6.77. The van der Waals surface area contributed by atoms with Crippen LogP contribution in [-0.2, 0) is 13.1 Å². The van der Waals surface area contributed by atoms with E-state index in [4.69, 9.17) is 0 Å². The first-order chi connectivity index (χ1) is 10.4. The third-order valence-electron chi connectivity index (χ3n) is 3.58. The van der Waals surface area contributed by atoms with Crippen LogP contribution in [0.25, 0.3) is 0 Å². The van der Waals surface area contributed by atoms with Crippen molar-refractivity contribution < 1.29 is 0 Å². The van der Waals surface area contributed by atoms with E-state index in [1.807, 2.05) is 0 Å². The molecule has 0 unspecified atom stereocenters. The first-order valence-electron chi connectivity index (χ1n) is 7.80. The Balaban J connectivity index is 1.96. The van der Waals surface area contributed by atoms with Gasteiger partial charge < -0.3 is 0 Å². The number of allylic oxidation sites excluding steroid dienone is 2. The van der Waals surface area contributed by atoms with Crippen molar-refractivity contribution in [1.29, 1.82) is 0 Å². The molecule has 0 amide bonds. The highest BCUT2D eigenvalue weighted by Crippen LogP contribution is 2.11. The minimum Gasteiger partial charge on any atom is -0.295 e. The Kier molecular flexibility index (Phi) is 6.76. The fourth-order valence-corrected chi connectivity index (χ4v) is 2.50. The number of hydrogen-bond donors (Lipinski definition) is 0. The molecule has 0 bridgehead atoms. The Morgan fingerprint density at radius 2 is 1.33 bits per heavy atom. The van der Waals surface area contributed by atoms with Crippen molar-refractivity contribution >= 4 is 0 Å². The monoisotopic (exact) mass is 279 g/mol. The van der Waals surface area contributed by atoms with Gasteiger partial charge in [-0.3, -0.25) is 4.90 Å². The summed E-state index contributed by atoms with van der Waals surface area (Å²) in [4.78, 5) is 2.54. The van der Waals surface area contributed by atoms with Crippen LogP contribution in [0.2, 0.25) is 0 Å². The third-order valence-corrected chi connectivity index (χ3v) is 3.58. The summed E-state index contributed by atoms with van der Waals surface area (Å²) in [5.41, 5.74) is 2.78. The molecule has 0 aliphatic heterocycles. The summed E-state index contributed by atoms with van der Waals surface area (Å²) in [6.45, 7) is 5.26. The molecule has 21 heavy (non-hydrogen) atoms. The van der Waals surface area contributed by atoms with Gasteiger partial charge in [-0.15, -0.1) is 0 Å². The van der Waals surface area contributed by atoms with E-state index in [2.05, 4.69) is 84.6 Å². The molecule has 0 saturated heterocycles. The van der Waals surface area contributed by atoms with Gasteiger partial charge in [0, 0.05) is 13.1 Å². The van der Waals surface area contributed by atoms with Gasteiger partial charge in [-0.25, -0.2) is 0 Å². The van der Waals surface area contributed by atoms with Crippen molar-refractivity contribution in [3.8, 4) is 0 Å². The molecule has 0 aromatic heterocycles. The third kappa shape index (κ3) is 5.97. The summed E-state index contributed by atoms with van der Waals surface area (Å²) in [5.74, 6) is 0. The van der Waals surface area contributed by atoms with E-state index in [9.17, 15) is 0 Å². The van der Waals surface area contributed by atoms with Gasteiger partial charge >= 0.3 is 0 Å². The number of rotatable bonds is 8. The maximum absolute atomic E-state index is 2.54. The largest absolute Gasteiger partial charge is 0.295 e. The lowest BCUT2D eigenvalue weighted by atomic mass is 10.1. The topological polar surface area (TPSA) is 3.24 Å². The van der Waals surface area contributed by atoms with E-state index >= 15 is 0 Å². The first kappa shape index (κ1) is 15.5. The van der Waals surface area contributed by atoms with Crippen LogP contribution in [0.3, 0.4) is 0 Å². The molecule has 0 saturated carbocycles. The Bertz CT molecular complexity index is 475. The number of unbranched alkanes of at least 4 members (excludes halogenated alkanes) is 1. The van der Waals surface area contributed by atoms with Gasteiger partial charge in [-0.2, -0.15) is 0 Å². The van der Waals surface area contributed by atoms with Gasteiger partial charge in [0.2, 0.25) is 0 Å². The van der Waals surface area contributed by atoms with Crippen LogP contribution in [0.5, 0.6) is 0 Å². The fraction of sp³-hybridized carbons (Fsp3) is 0.300. The van der Waals surface area contributed by atoms with Crippen LogP contribution in [0.15, 0.2) is 72.8 Å². The van der Waals surface area contributed by atoms with Crippen molar-refractivity contribution in [2.75, 3.05) is 6.54 Å². The zero-order valence-electron chi connectivity index (χ0n) is 12.9. The average molecular weight is 279 g/mol. The van der Waals surface area contributed by atoms with E-state index in [1.54, 1.807) is 0 Å². The van der Waals surface area contributed by atoms with Crippen LogP contribution in [-0.4, -0.2) is 11.4 Å². The molecule has 0 heterocycles. The van der Waals surface area contributed by atoms with Gasteiger partial charge in [0.1, 0.15) is 0 Å². The second-order valence-corrected chi connectivity index (χ2v) is 5.39. The second kappa shape index (κ2) is 9.15. The minimum absolute atomic E-state index is 1.02. The highest BCUT2D eigenvalue weighted by Gasteiger charge is 2.06. The first-order valence-corrected chi connectivity index (χ1v) is 7.80. The standard InChI is InChI=1S/C20H25N/c1-2-3-4-11-16-21(17-19-12-7-5-8-13-19)18-20-14-9-6-10-15-20/h2-3,5-10,12-15H,4,11,16-18H2,1H3/b3-2+. The van der Waals surface area contributed by atoms with Crippen LogP contribution in [0.1, 0.15) is 30.9 Å². The number of nitrogens with zero attached hydrogens (tertiary/aromatic N) is 1. The average Bonchev–Trinajstić information content (AvgIpc) is 2.53. The summed E-state index contributed by atoms with van der Waals surface area (Å²) in [6, 6.07) is 21.5. The van der Waals surface area contributed by atoms with E-state index in [-0.39, 0.29) is 0 Å². The molecule has 2 rings (SSSR count). The van der Waals surface area contributed by atoms with Crippen LogP contribution >= 0.6 is 0 Å². The Morgan fingerprint density at radius 3 is 1.81 bits per heavy atom. The van der Waals surface area contributed by atoms with Gasteiger partial charge in [0.15, 0.2) is 0 Å². The van der Waals surface area contributed by atoms with Crippen molar-refractivity contribution in [3.63, 3.8) is 0 Å². The van der Waals surface area contributed by atoms with Gasteiger partial charge in [0.05, 0.1) is 0 Å². The molecule has 0 atom stereocenters. The normalized spacial score (nSPS) is 11.3. The molecule has 0 radical (unpaired) electrons. The SMILES string of the molecule is C/C=C/CCCN(Cc1ccccc1)Cc1ccccc1. The summed E-state index contributed by atoms with van der Waals surface area (Å²) in [5, 5.41) is 0. The fourth-order valence-electron chi connectivity index (χ4n) is 2.50. The molecular formula is C20H25N. The highest BCUT2D eigenvalue weighted by molar-refractivity contribution is 5.17. The quantitative estimate of drug-likeness (QED) is 0.483. The summed E-state index contributed by atoms with van der Waals surface area (Å²) in [7, 11) is 0. The molecule has 2 aromatic carbocycles. The lowest BCUT2D eigenvalue weighted by Gasteiger charge is -2.22. The maximum Gasteiger partial charge on any atom is 0.0237 e. The predicted octanol–water partition coefficient (Wildman–Crippen LogP) is 5.05. The second-order valence-electron chi connectivity index (χ2n) is 5.39. The van der Waals surface area contributed by atoms with Crippen LogP contribution in [0.4, 0.5) is 0 Å². The van der Waals surface area contributed by atoms with Crippen molar-refractivity contribution in [3.05, 3.63) is 83.9 Å². The van der Waals surface area contributed by atoms with Crippen molar-refractivity contribution in [1.82, 2.24) is 4.90 Å². The Hall–Kier alpha value is -1.86. The molecule has 0 fully saturated rings. The van der Waals surface area contributed by atoms with E-state index in [0.717, 1.165) is 26.1 Å². The molecule has 2 aromatic rings. The predicted molar refractivity (Wildman–Crippen MR) is 91.0 cm³/mol. The molecule has 0 spiro atoms. The number of benzene rings is 2. The van der Waals surface area contributed by atoms with Crippen LogP contribution in [0, 0.1) is 0 Å². The van der Waals surface area contributed by atoms with E-state index in [1.165, 1.54) is 17.5 Å². The summed E-state index contributed by atoms with van der Waals surface area (Å²) < 4.78 is 0. The van der Waals surface area contributed by atoms with Gasteiger partial charge in [-0.05, 0) is 37.4 Å². The molecule has 0 aliphatic carbocycles. The molecule has 1 heteroatoms. The Morgan fingerprint density at radius 1 is 0.810 bits per heavy atom. The van der Waals surface area contributed by atoms with Crippen molar-refractivity contribution in [2.45, 2.75) is 32.9 Å². The maximum atomic E-state index is 2.54. The lowest BCUT2D eigenvalue weighted by molar-refractivity contribution is 0.254. The minimum atomic E-state index is 1.02. The van der Waals surface area contributed by atoms with E-state index < -0.39 is 0 Å².